The first-order valence-electron chi connectivity index (χ1n) is 10.5. The summed E-state index contributed by atoms with van der Waals surface area (Å²) in [7, 11) is 0. The first-order valence-corrected chi connectivity index (χ1v) is 10.5. The molecule has 2 aromatic rings. The van der Waals surface area contributed by atoms with Crippen LogP contribution in [-0.4, -0.2) is 48.7 Å². The van der Waals surface area contributed by atoms with Crippen molar-refractivity contribution in [2.24, 2.45) is 0 Å². The Labute approximate surface area is 184 Å². The van der Waals surface area contributed by atoms with Gasteiger partial charge in [0.25, 0.3) is 5.95 Å². The maximum absolute atomic E-state index is 13.8. The molecule has 7 nitrogen and oxygen atoms in total. The van der Waals surface area contributed by atoms with Crippen molar-refractivity contribution < 1.29 is 30.7 Å². The number of hydrogen-bond acceptors (Lipinski definition) is 6. The predicted molar refractivity (Wildman–Crippen MR) is 103 cm³/mol. The molecule has 2 fully saturated rings. The lowest BCUT2D eigenvalue weighted by Gasteiger charge is -2.43. The molecule has 2 N–H and O–H groups in total. The van der Waals surface area contributed by atoms with Gasteiger partial charge in [0.15, 0.2) is 5.69 Å². The molecule has 0 saturated heterocycles. The molecule has 33 heavy (non-hydrogen) atoms. The van der Waals surface area contributed by atoms with Crippen LogP contribution in [0.5, 0.6) is 0 Å². The average Bonchev–Trinajstić information content (AvgIpc) is 3.21. The summed E-state index contributed by atoms with van der Waals surface area (Å²) in [5.74, 6) is -6.28. The fraction of sp³-hybridized carbons (Fsp3) is 0.684. The summed E-state index contributed by atoms with van der Waals surface area (Å²) in [5, 5.41) is 3.42. The van der Waals surface area contributed by atoms with E-state index in [0.717, 1.165) is 16.9 Å². The molecular formula is C19H22F7N7. The van der Waals surface area contributed by atoms with E-state index >= 15 is 0 Å². The van der Waals surface area contributed by atoms with Crippen LogP contribution in [0.25, 0.3) is 5.95 Å². The Morgan fingerprint density at radius 1 is 0.879 bits per heavy atom. The second kappa shape index (κ2) is 8.28. The molecule has 14 heteroatoms. The average molecular weight is 481 g/mol. The first kappa shape index (κ1) is 23.5. The molecule has 2 saturated carbocycles. The van der Waals surface area contributed by atoms with E-state index in [-0.39, 0.29) is 69.2 Å². The summed E-state index contributed by atoms with van der Waals surface area (Å²) in [6.07, 6.45) is -4.84. The Hall–Kier alpha value is -2.67. The summed E-state index contributed by atoms with van der Waals surface area (Å²) in [4.78, 5) is 13.8. The number of hydrogen-bond donors (Lipinski definition) is 1. The normalized spacial score (nSPS) is 21.8. The lowest BCUT2D eigenvalue weighted by molar-refractivity contribution is -0.141. The van der Waals surface area contributed by atoms with Gasteiger partial charge in [0.2, 0.25) is 23.7 Å². The monoisotopic (exact) mass is 481 g/mol. The van der Waals surface area contributed by atoms with Crippen LogP contribution in [0, 0.1) is 0 Å². The van der Waals surface area contributed by atoms with E-state index in [1.807, 2.05) is 0 Å². The fourth-order valence-corrected chi connectivity index (χ4v) is 4.40. The van der Waals surface area contributed by atoms with Crippen LogP contribution in [0.15, 0.2) is 12.3 Å². The van der Waals surface area contributed by atoms with E-state index in [1.54, 1.807) is 4.90 Å². The van der Waals surface area contributed by atoms with Crippen LogP contribution in [0.1, 0.15) is 57.1 Å². The zero-order valence-corrected chi connectivity index (χ0v) is 17.4. The predicted octanol–water partition coefficient (Wildman–Crippen LogP) is 4.62. The molecule has 0 aliphatic heterocycles. The lowest BCUT2D eigenvalue weighted by atomic mass is 9.86. The third kappa shape index (κ3) is 5.29. The van der Waals surface area contributed by atoms with Crippen LogP contribution < -0.4 is 10.6 Å². The van der Waals surface area contributed by atoms with E-state index in [2.05, 4.69) is 20.1 Å². The van der Waals surface area contributed by atoms with E-state index in [0.29, 0.717) is 0 Å². The second-order valence-electron chi connectivity index (χ2n) is 8.52. The molecule has 182 valence electrons. The molecular weight excluding hydrogens is 459 g/mol. The highest BCUT2D eigenvalue weighted by Crippen LogP contribution is 2.41. The summed E-state index contributed by atoms with van der Waals surface area (Å²) < 4.78 is 94.6. The molecule has 2 aliphatic carbocycles. The van der Waals surface area contributed by atoms with Gasteiger partial charge in [-0.15, -0.1) is 0 Å². The van der Waals surface area contributed by atoms with Crippen molar-refractivity contribution in [2.75, 3.05) is 10.6 Å². The highest BCUT2D eigenvalue weighted by molar-refractivity contribution is 5.41. The van der Waals surface area contributed by atoms with Gasteiger partial charge >= 0.3 is 6.18 Å². The van der Waals surface area contributed by atoms with E-state index in [1.165, 1.54) is 0 Å². The van der Waals surface area contributed by atoms with Crippen LogP contribution in [0.4, 0.5) is 42.6 Å². The number of alkyl halides is 7. The Balaban J connectivity index is 1.68. The summed E-state index contributed by atoms with van der Waals surface area (Å²) in [6.45, 7) is 0. The zero-order chi connectivity index (χ0) is 24.0. The molecule has 2 aliphatic rings. The number of nitrogens with two attached hydrogens (primary N) is 1. The number of nitrogen functional groups attached to an aromatic ring is 1. The van der Waals surface area contributed by atoms with Gasteiger partial charge in [0, 0.05) is 44.0 Å². The minimum atomic E-state index is -4.68. The standard InChI is InChI=1S/C19H22F7N7/c20-17(21)6-1-11(2-7-17)33(12-3-8-18(22,23)9-4-12)16-29-14(27)28-15(30-16)32-10-5-13(31-32)19(24,25)26/h5,10-12H,1-4,6-9H2,(H2,27,28,29,30). The minimum absolute atomic E-state index is 0.0491. The number of aromatic nitrogens is 5. The van der Waals surface area contributed by atoms with Gasteiger partial charge in [-0.25, -0.2) is 22.2 Å². The van der Waals surface area contributed by atoms with Crippen molar-refractivity contribution in [1.82, 2.24) is 24.7 Å². The van der Waals surface area contributed by atoms with Crippen molar-refractivity contribution in [2.45, 2.75) is 81.5 Å². The zero-order valence-electron chi connectivity index (χ0n) is 17.4. The van der Waals surface area contributed by atoms with Gasteiger partial charge in [-0.2, -0.15) is 33.2 Å². The van der Waals surface area contributed by atoms with Crippen LogP contribution in [0.3, 0.4) is 0 Å². The topological polar surface area (TPSA) is 85.8 Å². The number of rotatable bonds is 4. The third-order valence-corrected chi connectivity index (χ3v) is 6.10. The van der Waals surface area contributed by atoms with Crippen LogP contribution in [-0.2, 0) is 6.18 Å². The van der Waals surface area contributed by atoms with Crippen molar-refractivity contribution in [3.05, 3.63) is 18.0 Å². The largest absolute Gasteiger partial charge is 0.435 e. The molecule has 0 bridgehead atoms. The van der Waals surface area contributed by atoms with Crippen molar-refractivity contribution in [3.63, 3.8) is 0 Å². The van der Waals surface area contributed by atoms with Gasteiger partial charge in [-0.1, -0.05) is 0 Å². The highest BCUT2D eigenvalue weighted by Gasteiger charge is 2.43. The lowest BCUT2D eigenvalue weighted by Crippen LogP contribution is -2.50. The van der Waals surface area contributed by atoms with E-state index in [4.69, 9.17) is 5.73 Å². The third-order valence-electron chi connectivity index (χ3n) is 6.10. The van der Waals surface area contributed by atoms with Crippen LogP contribution >= 0.6 is 0 Å². The highest BCUT2D eigenvalue weighted by atomic mass is 19.4. The van der Waals surface area contributed by atoms with Gasteiger partial charge in [-0.05, 0) is 31.7 Å². The molecule has 0 spiro atoms. The van der Waals surface area contributed by atoms with Gasteiger partial charge in [-0.3, -0.25) is 0 Å². The molecule has 4 rings (SSSR count). The van der Waals surface area contributed by atoms with Gasteiger partial charge in [0.05, 0.1) is 0 Å². The maximum atomic E-state index is 13.8. The summed E-state index contributed by atoms with van der Waals surface area (Å²) >= 11 is 0. The smallest absolute Gasteiger partial charge is 0.368 e. The minimum Gasteiger partial charge on any atom is -0.368 e. The second-order valence-corrected chi connectivity index (χ2v) is 8.52. The van der Waals surface area contributed by atoms with E-state index in [9.17, 15) is 30.7 Å². The van der Waals surface area contributed by atoms with Gasteiger partial charge < -0.3 is 10.6 Å². The number of anilines is 2. The van der Waals surface area contributed by atoms with Crippen molar-refractivity contribution >= 4 is 11.9 Å². The van der Waals surface area contributed by atoms with Crippen molar-refractivity contribution in [1.29, 1.82) is 0 Å². The SMILES string of the molecule is Nc1nc(N(C2CCC(F)(F)CC2)C2CCC(F)(F)CC2)nc(-n2ccc(C(F)(F)F)n2)n1. The Bertz CT molecular complexity index is 943. The summed E-state index contributed by atoms with van der Waals surface area (Å²) in [5.41, 5.74) is 4.62. The molecule has 0 unspecified atom stereocenters. The molecule has 0 amide bonds. The number of nitrogens with zero attached hydrogens (tertiary/aromatic N) is 6. The van der Waals surface area contributed by atoms with Gasteiger partial charge in [0.1, 0.15) is 0 Å². The Morgan fingerprint density at radius 3 is 1.85 bits per heavy atom. The molecule has 0 atom stereocenters. The quantitative estimate of drug-likeness (QED) is 0.642. The Morgan fingerprint density at radius 2 is 1.39 bits per heavy atom. The molecule has 0 aromatic carbocycles. The van der Waals surface area contributed by atoms with E-state index < -0.39 is 35.8 Å². The molecule has 2 heterocycles. The molecule has 2 aromatic heterocycles. The van der Waals surface area contributed by atoms with Crippen molar-refractivity contribution in [3.8, 4) is 5.95 Å². The summed E-state index contributed by atoms with van der Waals surface area (Å²) in [6, 6.07) is -0.178. The van der Waals surface area contributed by atoms with Crippen LogP contribution in [0.2, 0.25) is 0 Å². The number of halogens is 7. The Kier molecular flexibility index (Phi) is 5.89. The molecule has 0 radical (unpaired) electrons. The maximum Gasteiger partial charge on any atom is 0.435 e. The first-order chi connectivity index (χ1) is 15.3. The fourth-order valence-electron chi connectivity index (χ4n) is 4.40.